The summed E-state index contributed by atoms with van der Waals surface area (Å²) in [7, 11) is 0. The molecule has 15 heavy (non-hydrogen) atoms. The molecule has 0 aromatic heterocycles. The summed E-state index contributed by atoms with van der Waals surface area (Å²) in [5.74, 6) is 0. The quantitative estimate of drug-likeness (QED) is 0.766. The van der Waals surface area contributed by atoms with E-state index in [0.29, 0.717) is 6.61 Å². The first kappa shape index (κ1) is 11.3. The highest BCUT2D eigenvalue weighted by Gasteiger charge is 2.26. The van der Waals surface area contributed by atoms with Crippen LogP contribution in [0.15, 0.2) is 0 Å². The summed E-state index contributed by atoms with van der Waals surface area (Å²) in [6.45, 7) is 1.63. The van der Waals surface area contributed by atoms with Crippen molar-refractivity contribution in [1.82, 2.24) is 0 Å². The number of aliphatic hydroxyl groups excluding tert-OH is 1. The predicted octanol–water partition coefficient (Wildman–Crippen LogP) is 1.07. The molecular weight excluding hydrogens is 196 g/mol. The average molecular weight is 216 g/mol. The Morgan fingerprint density at radius 3 is 2.87 bits per heavy atom. The molecule has 2 rings (SSSR count). The van der Waals surface area contributed by atoms with Crippen LogP contribution in [0.2, 0.25) is 0 Å². The van der Waals surface area contributed by atoms with Crippen LogP contribution in [0.3, 0.4) is 0 Å². The van der Waals surface area contributed by atoms with Crippen LogP contribution in [0.25, 0.3) is 0 Å². The monoisotopic (exact) mass is 216 g/mol. The Morgan fingerprint density at radius 1 is 1.20 bits per heavy atom. The molecule has 2 saturated heterocycles. The molecule has 2 aliphatic rings. The van der Waals surface area contributed by atoms with Crippen LogP contribution in [0.1, 0.15) is 32.1 Å². The molecule has 0 saturated carbocycles. The Morgan fingerprint density at radius 2 is 2.13 bits per heavy atom. The maximum absolute atomic E-state index is 9.01. The molecule has 0 aliphatic carbocycles. The highest BCUT2D eigenvalue weighted by atomic mass is 16.7. The molecule has 0 unspecified atom stereocenters. The third-order valence-corrected chi connectivity index (χ3v) is 2.98. The van der Waals surface area contributed by atoms with E-state index in [0.717, 1.165) is 38.7 Å². The number of ether oxygens (including phenoxy) is 3. The van der Waals surface area contributed by atoms with Crippen LogP contribution in [0, 0.1) is 0 Å². The molecule has 0 spiro atoms. The summed E-state index contributed by atoms with van der Waals surface area (Å²) in [6.07, 6.45) is 5.09. The van der Waals surface area contributed by atoms with E-state index in [-0.39, 0.29) is 25.1 Å². The minimum Gasteiger partial charge on any atom is -0.394 e. The summed E-state index contributed by atoms with van der Waals surface area (Å²) in [5.41, 5.74) is 0. The van der Waals surface area contributed by atoms with Gasteiger partial charge in [0, 0.05) is 6.61 Å². The van der Waals surface area contributed by atoms with Crippen molar-refractivity contribution in [2.24, 2.45) is 0 Å². The van der Waals surface area contributed by atoms with E-state index in [2.05, 4.69) is 0 Å². The van der Waals surface area contributed by atoms with E-state index in [1.54, 1.807) is 0 Å². The van der Waals surface area contributed by atoms with Gasteiger partial charge in [0.15, 0.2) is 6.29 Å². The molecule has 2 fully saturated rings. The van der Waals surface area contributed by atoms with Crippen LogP contribution in [0.5, 0.6) is 0 Å². The highest BCUT2D eigenvalue weighted by molar-refractivity contribution is 4.68. The fraction of sp³-hybridized carbons (Fsp3) is 1.00. The van der Waals surface area contributed by atoms with Crippen molar-refractivity contribution in [3.63, 3.8) is 0 Å². The number of aliphatic hydroxyl groups is 1. The minimum atomic E-state index is -0.136. The zero-order chi connectivity index (χ0) is 10.5. The van der Waals surface area contributed by atoms with E-state index in [9.17, 15) is 0 Å². The van der Waals surface area contributed by atoms with Gasteiger partial charge in [-0.3, -0.25) is 0 Å². The first-order valence-electron chi connectivity index (χ1n) is 5.88. The van der Waals surface area contributed by atoms with Gasteiger partial charge in [0.25, 0.3) is 0 Å². The lowest BCUT2D eigenvalue weighted by molar-refractivity contribution is -0.233. The van der Waals surface area contributed by atoms with E-state index < -0.39 is 0 Å². The minimum absolute atomic E-state index is 0.0340. The number of rotatable bonds is 3. The van der Waals surface area contributed by atoms with E-state index in [1.165, 1.54) is 0 Å². The second-order valence-corrected chi connectivity index (χ2v) is 4.28. The van der Waals surface area contributed by atoms with E-state index in [1.807, 2.05) is 0 Å². The topological polar surface area (TPSA) is 47.9 Å². The Balaban J connectivity index is 1.72. The molecule has 88 valence electrons. The van der Waals surface area contributed by atoms with Crippen molar-refractivity contribution in [2.75, 3.05) is 19.8 Å². The van der Waals surface area contributed by atoms with Crippen molar-refractivity contribution >= 4 is 0 Å². The van der Waals surface area contributed by atoms with Crippen LogP contribution in [0.4, 0.5) is 0 Å². The van der Waals surface area contributed by atoms with E-state index >= 15 is 0 Å². The Hall–Kier alpha value is -0.160. The SMILES string of the molecule is OC[C@@H]1CCC[C@H](O[C@H]2CCCOC2)O1. The van der Waals surface area contributed by atoms with Crippen LogP contribution >= 0.6 is 0 Å². The first-order valence-corrected chi connectivity index (χ1v) is 5.88. The van der Waals surface area contributed by atoms with Gasteiger partial charge < -0.3 is 19.3 Å². The molecule has 0 radical (unpaired) electrons. The molecule has 4 heteroatoms. The molecule has 0 amide bonds. The molecule has 2 heterocycles. The van der Waals surface area contributed by atoms with Crippen LogP contribution in [-0.2, 0) is 14.2 Å². The zero-order valence-corrected chi connectivity index (χ0v) is 9.06. The number of hydrogen-bond acceptors (Lipinski definition) is 4. The molecule has 0 aromatic rings. The van der Waals surface area contributed by atoms with Crippen LogP contribution in [-0.4, -0.2) is 43.4 Å². The van der Waals surface area contributed by atoms with Gasteiger partial charge in [-0.1, -0.05) is 0 Å². The van der Waals surface area contributed by atoms with Gasteiger partial charge in [-0.05, 0) is 32.1 Å². The molecule has 2 aliphatic heterocycles. The molecule has 1 N–H and O–H groups in total. The Kier molecular flexibility index (Phi) is 4.38. The van der Waals surface area contributed by atoms with Gasteiger partial charge in [0.2, 0.25) is 0 Å². The number of hydrogen-bond donors (Lipinski definition) is 1. The van der Waals surface area contributed by atoms with Gasteiger partial charge in [0.1, 0.15) is 0 Å². The highest BCUT2D eigenvalue weighted by Crippen LogP contribution is 2.22. The lowest BCUT2D eigenvalue weighted by atomic mass is 10.1. The van der Waals surface area contributed by atoms with Crippen molar-refractivity contribution < 1.29 is 19.3 Å². The van der Waals surface area contributed by atoms with Gasteiger partial charge >= 0.3 is 0 Å². The predicted molar refractivity (Wildman–Crippen MR) is 54.5 cm³/mol. The summed E-state index contributed by atoms with van der Waals surface area (Å²) in [5, 5.41) is 9.01. The Labute approximate surface area is 90.5 Å². The maximum atomic E-state index is 9.01. The molecule has 0 bridgehead atoms. The smallest absolute Gasteiger partial charge is 0.158 e. The molecule has 0 aromatic carbocycles. The molecular formula is C11H20O4. The lowest BCUT2D eigenvalue weighted by Gasteiger charge is -2.33. The fourth-order valence-electron chi connectivity index (χ4n) is 2.13. The molecule has 3 atom stereocenters. The van der Waals surface area contributed by atoms with Gasteiger partial charge in [-0.2, -0.15) is 0 Å². The molecule has 4 nitrogen and oxygen atoms in total. The summed E-state index contributed by atoms with van der Waals surface area (Å²) >= 11 is 0. The average Bonchev–Trinajstić information content (AvgIpc) is 2.31. The van der Waals surface area contributed by atoms with Crippen molar-refractivity contribution in [2.45, 2.75) is 50.6 Å². The normalized spacial score (nSPS) is 37.8. The third-order valence-electron chi connectivity index (χ3n) is 2.98. The van der Waals surface area contributed by atoms with Gasteiger partial charge in [-0.15, -0.1) is 0 Å². The Bertz CT molecular complexity index is 179. The van der Waals surface area contributed by atoms with Crippen molar-refractivity contribution in [3.8, 4) is 0 Å². The third kappa shape index (κ3) is 3.41. The second kappa shape index (κ2) is 5.80. The summed E-state index contributed by atoms with van der Waals surface area (Å²) < 4.78 is 16.8. The van der Waals surface area contributed by atoms with Crippen molar-refractivity contribution in [3.05, 3.63) is 0 Å². The van der Waals surface area contributed by atoms with Crippen LogP contribution < -0.4 is 0 Å². The summed E-state index contributed by atoms with van der Waals surface area (Å²) in [6, 6.07) is 0. The first-order chi connectivity index (χ1) is 7.38. The summed E-state index contributed by atoms with van der Waals surface area (Å²) in [4.78, 5) is 0. The zero-order valence-electron chi connectivity index (χ0n) is 9.06. The fourth-order valence-corrected chi connectivity index (χ4v) is 2.13. The largest absolute Gasteiger partial charge is 0.394 e. The standard InChI is InChI=1S/C11H20O4/c12-7-9-3-1-5-11(14-9)15-10-4-2-6-13-8-10/h9-12H,1-8H2/t9-,10-,11-/m0/s1. The second-order valence-electron chi connectivity index (χ2n) is 4.28. The van der Waals surface area contributed by atoms with Gasteiger partial charge in [0.05, 0.1) is 25.4 Å². The lowest BCUT2D eigenvalue weighted by Crippen LogP contribution is -2.37. The van der Waals surface area contributed by atoms with Gasteiger partial charge in [-0.25, -0.2) is 0 Å². The van der Waals surface area contributed by atoms with E-state index in [4.69, 9.17) is 19.3 Å². The maximum Gasteiger partial charge on any atom is 0.158 e. The van der Waals surface area contributed by atoms with Crippen molar-refractivity contribution in [1.29, 1.82) is 0 Å².